The summed E-state index contributed by atoms with van der Waals surface area (Å²) in [6, 6.07) is 15.6. The second-order valence-electron chi connectivity index (χ2n) is 6.38. The van der Waals surface area contributed by atoms with Crippen molar-refractivity contribution in [2.24, 2.45) is 0 Å². The minimum absolute atomic E-state index is 0.114. The quantitative estimate of drug-likeness (QED) is 0.500. The van der Waals surface area contributed by atoms with Crippen LogP contribution >= 0.6 is 11.8 Å². The Bertz CT molecular complexity index is 1020. The van der Waals surface area contributed by atoms with E-state index in [1.165, 1.54) is 23.9 Å². The molecule has 156 valence electrons. The van der Waals surface area contributed by atoms with Crippen LogP contribution in [0.4, 0.5) is 5.69 Å². The van der Waals surface area contributed by atoms with E-state index in [9.17, 15) is 9.59 Å². The van der Waals surface area contributed by atoms with E-state index in [4.69, 9.17) is 9.84 Å². The average Bonchev–Trinajstić information content (AvgIpc) is 3.16. The first kappa shape index (κ1) is 21.4. The molecule has 0 aliphatic heterocycles. The molecule has 3 aromatic rings. The third-order valence-electron chi connectivity index (χ3n) is 4.21. The number of carbonyl (C=O) groups excluding carboxylic acids is 1. The molecule has 0 spiro atoms. The SMILES string of the molecule is CCn1c(SCC(=O)Nc2cccc(C(=O)O)c2)nnc1C(C)Oc1ccccc1. The van der Waals surface area contributed by atoms with Crippen LogP contribution in [-0.4, -0.2) is 37.5 Å². The summed E-state index contributed by atoms with van der Waals surface area (Å²) >= 11 is 1.26. The zero-order valence-corrected chi connectivity index (χ0v) is 17.4. The highest BCUT2D eigenvalue weighted by Crippen LogP contribution is 2.24. The molecule has 1 amide bonds. The van der Waals surface area contributed by atoms with Gasteiger partial charge in [-0.05, 0) is 44.2 Å². The number of benzene rings is 2. The van der Waals surface area contributed by atoms with Gasteiger partial charge in [0, 0.05) is 12.2 Å². The van der Waals surface area contributed by atoms with Gasteiger partial charge in [0.1, 0.15) is 5.75 Å². The van der Waals surface area contributed by atoms with Gasteiger partial charge in [0.05, 0.1) is 11.3 Å². The van der Waals surface area contributed by atoms with Crippen molar-refractivity contribution in [2.45, 2.75) is 31.7 Å². The number of hydrogen-bond donors (Lipinski definition) is 2. The largest absolute Gasteiger partial charge is 0.483 e. The van der Waals surface area contributed by atoms with Gasteiger partial charge in [-0.25, -0.2) is 4.79 Å². The number of carbonyl (C=O) groups is 2. The van der Waals surface area contributed by atoms with Crippen molar-refractivity contribution in [1.82, 2.24) is 14.8 Å². The van der Waals surface area contributed by atoms with Gasteiger partial charge < -0.3 is 19.7 Å². The van der Waals surface area contributed by atoms with Crippen molar-refractivity contribution in [3.8, 4) is 5.75 Å². The van der Waals surface area contributed by atoms with Gasteiger partial charge in [-0.15, -0.1) is 10.2 Å². The van der Waals surface area contributed by atoms with Crippen molar-refractivity contribution in [1.29, 1.82) is 0 Å². The number of ether oxygens (including phenoxy) is 1. The first-order valence-corrected chi connectivity index (χ1v) is 10.4. The number of carboxylic acid groups (broad SMARTS) is 1. The number of para-hydroxylation sites is 1. The number of carboxylic acids is 1. The van der Waals surface area contributed by atoms with Gasteiger partial charge in [-0.1, -0.05) is 36.0 Å². The number of nitrogens with one attached hydrogen (secondary N) is 1. The van der Waals surface area contributed by atoms with Crippen molar-refractivity contribution < 1.29 is 19.4 Å². The van der Waals surface area contributed by atoms with E-state index in [1.807, 2.05) is 48.7 Å². The molecule has 0 aliphatic rings. The Labute approximate surface area is 178 Å². The topological polar surface area (TPSA) is 106 Å². The number of aromatic nitrogens is 3. The van der Waals surface area contributed by atoms with E-state index in [0.717, 1.165) is 5.75 Å². The van der Waals surface area contributed by atoms with Crippen molar-refractivity contribution in [2.75, 3.05) is 11.1 Å². The number of amides is 1. The van der Waals surface area contributed by atoms with Crippen LogP contribution in [-0.2, 0) is 11.3 Å². The molecule has 9 heteroatoms. The average molecular weight is 426 g/mol. The van der Waals surface area contributed by atoms with E-state index in [1.54, 1.807) is 12.1 Å². The summed E-state index contributed by atoms with van der Waals surface area (Å²) in [5.41, 5.74) is 0.547. The van der Waals surface area contributed by atoms with Crippen LogP contribution < -0.4 is 10.1 Å². The van der Waals surface area contributed by atoms with Gasteiger partial charge in [0.2, 0.25) is 5.91 Å². The standard InChI is InChI=1S/C21H22N4O4S/c1-3-25-19(14(2)29-17-10-5-4-6-11-17)23-24-21(25)30-13-18(26)22-16-9-7-8-15(12-16)20(27)28/h4-12,14H,3,13H2,1-2H3,(H,22,26)(H,27,28). The summed E-state index contributed by atoms with van der Waals surface area (Å²) in [5.74, 6) is 0.231. The van der Waals surface area contributed by atoms with Crippen LogP contribution in [0.1, 0.15) is 36.1 Å². The summed E-state index contributed by atoms with van der Waals surface area (Å²) in [6.45, 7) is 4.51. The van der Waals surface area contributed by atoms with E-state index in [2.05, 4.69) is 15.5 Å². The van der Waals surface area contributed by atoms with Crippen LogP contribution in [0, 0.1) is 0 Å². The molecule has 0 radical (unpaired) electrons. The molecule has 0 bridgehead atoms. The Morgan fingerprint density at radius 2 is 1.93 bits per heavy atom. The highest BCUT2D eigenvalue weighted by atomic mass is 32.2. The number of thioether (sulfide) groups is 1. The Balaban J connectivity index is 1.62. The van der Waals surface area contributed by atoms with Gasteiger partial charge in [0.25, 0.3) is 0 Å². The molecule has 2 N–H and O–H groups in total. The molecule has 0 saturated heterocycles. The summed E-state index contributed by atoms with van der Waals surface area (Å²) in [4.78, 5) is 23.3. The summed E-state index contributed by atoms with van der Waals surface area (Å²) in [6.07, 6.45) is -0.304. The van der Waals surface area contributed by atoms with E-state index in [0.29, 0.717) is 23.2 Å². The molecule has 0 fully saturated rings. The lowest BCUT2D eigenvalue weighted by molar-refractivity contribution is -0.113. The van der Waals surface area contributed by atoms with E-state index in [-0.39, 0.29) is 23.3 Å². The monoisotopic (exact) mass is 426 g/mol. The third kappa shape index (κ3) is 5.38. The molecular weight excluding hydrogens is 404 g/mol. The van der Waals surface area contributed by atoms with E-state index >= 15 is 0 Å². The van der Waals surface area contributed by atoms with Gasteiger partial charge in [-0.2, -0.15) is 0 Å². The van der Waals surface area contributed by atoms with Crippen LogP contribution in [0.15, 0.2) is 59.8 Å². The zero-order valence-electron chi connectivity index (χ0n) is 16.6. The van der Waals surface area contributed by atoms with Gasteiger partial charge in [-0.3, -0.25) is 4.79 Å². The molecule has 3 rings (SSSR count). The number of nitrogens with zero attached hydrogens (tertiary/aromatic N) is 3. The maximum atomic E-state index is 12.3. The fourth-order valence-electron chi connectivity index (χ4n) is 2.82. The number of hydrogen-bond acceptors (Lipinski definition) is 6. The van der Waals surface area contributed by atoms with Crippen molar-refractivity contribution in [3.05, 3.63) is 66.0 Å². The van der Waals surface area contributed by atoms with Gasteiger partial charge in [0.15, 0.2) is 17.1 Å². The second kappa shape index (κ2) is 9.93. The Hall–Kier alpha value is -3.33. The molecule has 1 atom stereocenters. The molecule has 30 heavy (non-hydrogen) atoms. The fourth-order valence-corrected chi connectivity index (χ4v) is 3.63. The highest BCUT2D eigenvalue weighted by Gasteiger charge is 2.19. The highest BCUT2D eigenvalue weighted by molar-refractivity contribution is 7.99. The minimum Gasteiger partial charge on any atom is -0.483 e. The maximum Gasteiger partial charge on any atom is 0.335 e. The van der Waals surface area contributed by atoms with Crippen LogP contribution in [0.25, 0.3) is 0 Å². The summed E-state index contributed by atoms with van der Waals surface area (Å²) in [7, 11) is 0. The predicted octanol–water partition coefficient (Wildman–Crippen LogP) is 3.87. The number of anilines is 1. The van der Waals surface area contributed by atoms with E-state index < -0.39 is 5.97 Å². The lowest BCUT2D eigenvalue weighted by Gasteiger charge is -2.15. The number of aromatic carboxylic acids is 1. The fraction of sp³-hybridized carbons (Fsp3) is 0.238. The zero-order chi connectivity index (χ0) is 21.5. The lowest BCUT2D eigenvalue weighted by Crippen LogP contribution is -2.15. The normalized spacial score (nSPS) is 11.7. The first-order chi connectivity index (χ1) is 14.5. The maximum absolute atomic E-state index is 12.3. The molecule has 1 aromatic heterocycles. The van der Waals surface area contributed by atoms with Crippen molar-refractivity contribution in [3.63, 3.8) is 0 Å². The Morgan fingerprint density at radius 3 is 2.63 bits per heavy atom. The van der Waals surface area contributed by atoms with Crippen LogP contribution in [0.2, 0.25) is 0 Å². The minimum atomic E-state index is -1.05. The molecule has 0 saturated carbocycles. The summed E-state index contributed by atoms with van der Waals surface area (Å²) < 4.78 is 7.84. The third-order valence-corrected chi connectivity index (χ3v) is 5.17. The van der Waals surface area contributed by atoms with Crippen molar-refractivity contribution >= 4 is 29.3 Å². The Kier molecular flexibility index (Phi) is 7.08. The predicted molar refractivity (Wildman–Crippen MR) is 114 cm³/mol. The molecule has 1 heterocycles. The first-order valence-electron chi connectivity index (χ1n) is 9.38. The smallest absolute Gasteiger partial charge is 0.335 e. The molecule has 1 unspecified atom stereocenters. The molecule has 2 aromatic carbocycles. The van der Waals surface area contributed by atoms with Crippen LogP contribution in [0.3, 0.4) is 0 Å². The summed E-state index contributed by atoms with van der Waals surface area (Å²) in [5, 5.41) is 20.8. The second-order valence-corrected chi connectivity index (χ2v) is 7.32. The number of rotatable bonds is 9. The lowest BCUT2D eigenvalue weighted by atomic mass is 10.2. The molecule has 0 aliphatic carbocycles. The van der Waals surface area contributed by atoms with Crippen LogP contribution in [0.5, 0.6) is 5.75 Å². The van der Waals surface area contributed by atoms with Gasteiger partial charge >= 0.3 is 5.97 Å². The molecule has 8 nitrogen and oxygen atoms in total. The molecular formula is C21H22N4O4S. The Morgan fingerprint density at radius 1 is 1.17 bits per heavy atom.